The van der Waals surface area contributed by atoms with E-state index in [9.17, 15) is 0 Å². The third-order valence-corrected chi connectivity index (χ3v) is 11.4. The first-order chi connectivity index (χ1) is 27.7. The van der Waals surface area contributed by atoms with Crippen molar-refractivity contribution in [1.82, 2.24) is 9.97 Å². The lowest BCUT2D eigenvalue weighted by molar-refractivity contribution is 0.436. The SMILES string of the molecule is c1ccc(-c2ccc(-c3cc(-c4ccc(-c5ccc6c(c5)Oc5ccccc5C65c6ccccc6-c6ccccc65)cc4)nc(-c4ccccc4)n3)cc2)cc1. The molecule has 0 fully saturated rings. The zero-order valence-electron chi connectivity index (χ0n) is 30.4. The van der Waals surface area contributed by atoms with Crippen molar-refractivity contribution in [2.24, 2.45) is 0 Å². The highest BCUT2D eigenvalue weighted by Gasteiger charge is 2.50. The predicted octanol–water partition coefficient (Wildman–Crippen LogP) is 13.3. The van der Waals surface area contributed by atoms with Crippen molar-refractivity contribution in [1.29, 1.82) is 0 Å². The molecule has 1 spiro atoms. The molecule has 2 heterocycles. The van der Waals surface area contributed by atoms with Gasteiger partial charge in [0.15, 0.2) is 5.82 Å². The van der Waals surface area contributed by atoms with Crippen LogP contribution in [0.4, 0.5) is 0 Å². The van der Waals surface area contributed by atoms with E-state index in [4.69, 9.17) is 14.7 Å². The summed E-state index contributed by atoms with van der Waals surface area (Å²) in [6, 6.07) is 73.0. The van der Waals surface area contributed by atoms with Crippen LogP contribution in [0.5, 0.6) is 11.5 Å². The number of hydrogen-bond acceptors (Lipinski definition) is 3. The van der Waals surface area contributed by atoms with E-state index in [1.165, 1.54) is 38.9 Å². The van der Waals surface area contributed by atoms with Crippen LogP contribution in [0, 0.1) is 0 Å². The molecule has 3 heteroatoms. The summed E-state index contributed by atoms with van der Waals surface area (Å²) in [5.74, 6) is 2.47. The molecule has 1 aliphatic carbocycles. The molecule has 0 atom stereocenters. The third kappa shape index (κ3) is 5.05. The first-order valence-electron chi connectivity index (χ1n) is 19.1. The van der Waals surface area contributed by atoms with E-state index in [-0.39, 0.29) is 0 Å². The van der Waals surface area contributed by atoms with E-state index < -0.39 is 5.41 Å². The monoisotopic (exact) mass is 714 g/mol. The summed E-state index contributed by atoms with van der Waals surface area (Å²) in [5.41, 5.74) is 16.4. The minimum Gasteiger partial charge on any atom is -0.457 e. The lowest BCUT2D eigenvalue weighted by Gasteiger charge is -2.39. The molecular weight excluding hydrogens is 681 g/mol. The van der Waals surface area contributed by atoms with Gasteiger partial charge in [-0.15, -0.1) is 0 Å². The molecule has 0 saturated carbocycles. The van der Waals surface area contributed by atoms with Gasteiger partial charge in [0.05, 0.1) is 16.8 Å². The quantitative estimate of drug-likeness (QED) is 0.178. The topological polar surface area (TPSA) is 35.0 Å². The Kier molecular flexibility index (Phi) is 7.39. The van der Waals surface area contributed by atoms with Gasteiger partial charge in [0, 0.05) is 27.8 Å². The van der Waals surface area contributed by atoms with Gasteiger partial charge < -0.3 is 4.74 Å². The van der Waals surface area contributed by atoms with Crippen LogP contribution in [-0.2, 0) is 5.41 Å². The van der Waals surface area contributed by atoms with Gasteiger partial charge in [0.25, 0.3) is 0 Å². The average molecular weight is 715 g/mol. The fourth-order valence-electron chi connectivity index (χ4n) is 8.80. The Labute approximate surface area is 326 Å². The molecule has 9 aromatic rings. The minimum absolute atomic E-state index is 0.469. The number of nitrogens with zero attached hydrogens (tertiary/aromatic N) is 2. The Balaban J connectivity index is 0.983. The van der Waals surface area contributed by atoms with Crippen molar-refractivity contribution in [3.05, 3.63) is 229 Å². The number of hydrogen-bond donors (Lipinski definition) is 0. The number of benzene rings is 8. The third-order valence-electron chi connectivity index (χ3n) is 11.4. The van der Waals surface area contributed by atoms with Crippen LogP contribution in [0.3, 0.4) is 0 Å². The van der Waals surface area contributed by atoms with Gasteiger partial charge in [-0.3, -0.25) is 0 Å². The second-order valence-electron chi connectivity index (χ2n) is 14.5. The Morgan fingerprint density at radius 1 is 0.304 bits per heavy atom. The summed E-state index contributed by atoms with van der Waals surface area (Å²) in [5, 5.41) is 0. The summed E-state index contributed by atoms with van der Waals surface area (Å²) in [4.78, 5) is 10.1. The Bertz CT molecular complexity index is 2870. The molecule has 0 N–H and O–H groups in total. The predicted molar refractivity (Wildman–Crippen MR) is 227 cm³/mol. The van der Waals surface area contributed by atoms with Crippen molar-refractivity contribution in [3.63, 3.8) is 0 Å². The fourth-order valence-corrected chi connectivity index (χ4v) is 8.80. The second-order valence-corrected chi connectivity index (χ2v) is 14.5. The number of aromatic nitrogens is 2. The van der Waals surface area contributed by atoms with Crippen molar-refractivity contribution in [2.45, 2.75) is 5.41 Å². The van der Waals surface area contributed by atoms with Crippen LogP contribution in [-0.4, -0.2) is 9.97 Å². The zero-order chi connectivity index (χ0) is 37.1. The van der Waals surface area contributed by atoms with Gasteiger partial charge in [0.1, 0.15) is 11.5 Å². The van der Waals surface area contributed by atoms with Gasteiger partial charge in [-0.25, -0.2) is 9.97 Å². The van der Waals surface area contributed by atoms with Crippen molar-refractivity contribution >= 4 is 0 Å². The van der Waals surface area contributed by atoms with Crippen LogP contribution < -0.4 is 4.74 Å². The largest absolute Gasteiger partial charge is 0.457 e. The van der Waals surface area contributed by atoms with Gasteiger partial charge in [-0.2, -0.15) is 0 Å². The molecule has 1 aliphatic heterocycles. The smallest absolute Gasteiger partial charge is 0.160 e. The maximum absolute atomic E-state index is 6.78. The Morgan fingerprint density at radius 2 is 0.732 bits per heavy atom. The molecule has 0 radical (unpaired) electrons. The summed E-state index contributed by atoms with van der Waals surface area (Å²) >= 11 is 0. The molecule has 2 aliphatic rings. The molecule has 0 unspecified atom stereocenters. The summed E-state index contributed by atoms with van der Waals surface area (Å²) in [6.45, 7) is 0. The summed E-state index contributed by atoms with van der Waals surface area (Å²) in [7, 11) is 0. The highest BCUT2D eigenvalue weighted by Crippen LogP contribution is 2.62. The molecule has 3 nitrogen and oxygen atoms in total. The molecule has 11 rings (SSSR count). The van der Waals surface area contributed by atoms with Crippen molar-refractivity contribution in [2.75, 3.05) is 0 Å². The summed E-state index contributed by atoms with van der Waals surface area (Å²) < 4.78 is 6.78. The standard InChI is InChI=1S/C53H34N2O/c1-3-13-35(14-4-1)36-23-27-38(28-24-36)48-34-49(55-52(54-48)40-15-5-2-6-16-40)39-29-25-37(26-30-39)41-31-32-47-51(33-41)56-50-22-12-11-21-46(50)53(47)44-19-9-7-17-42(44)43-18-8-10-20-45(43)53/h1-34H. The van der Waals surface area contributed by atoms with E-state index >= 15 is 0 Å². The maximum atomic E-state index is 6.78. The Morgan fingerprint density at radius 3 is 1.34 bits per heavy atom. The highest BCUT2D eigenvalue weighted by molar-refractivity contribution is 5.89. The van der Waals surface area contributed by atoms with Gasteiger partial charge >= 0.3 is 0 Å². The molecule has 0 amide bonds. The number of ether oxygens (including phenoxy) is 1. The Hall–Kier alpha value is -7.36. The van der Waals surface area contributed by atoms with E-state index in [0.29, 0.717) is 5.82 Å². The normalized spacial score (nSPS) is 12.9. The van der Waals surface area contributed by atoms with Crippen LogP contribution >= 0.6 is 0 Å². The van der Waals surface area contributed by atoms with Crippen LogP contribution in [0.25, 0.3) is 67.3 Å². The molecule has 262 valence electrons. The number of para-hydroxylation sites is 1. The van der Waals surface area contributed by atoms with Gasteiger partial charge in [0.2, 0.25) is 0 Å². The lowest BCUT2D eigenvalue weighted by atomic mass is 9.66. The maximum Gasteiger partial charge on any atom is 0.160 e. The summed E-state index contributed by atoms with van der Waals surface area (Å²) in [6.07, 6.45) is 0. The highest BCUT2D eigenvalue weighted by atomic mass is 16.5. The fraction of sp³-hybridized carbons (Fsp3) is 0.0189. The number of rotatable bonds is 5. The van der Waals surface area contributed by atoms with E-state index in [2.05, 4.69) is 182 Å². The van der Waals surface area contributed by atoms with Crippen molar-refractivity contribution in [3.8, 4) is 78.8 Å². The molecule has 0 saturated heterocycles. The van der Waals surface area contributed by atoms with Crippen LogP contribution in [0.15, 0.2) is 206 Å². The molecule has 0 bridgehead atoms. The van der Waals surface area contributed by atoms with Gasteiger partial charge in [-0.1, -0.05) is 188 Å². The lowest BCUT2D eigenvalue weighted by Crippen LogP contribution is -2.32. The van der Waals surface area contributed by atoms with Crippen LogP contribution in [0.2, 0.25) is 0 Å². The van der Waals surface area contributed by atoms with E-state index in [0.717, 1.165) is 56.3 Å². The second kappa shape index (κ2) is 12.9. The molecule has 8 aromatic carbocycles. The van der Waals surface area contributed by atoms with Crippen LogP contribution in [0.1, 0.15) is 22.3 Å². The first kappa shape index (κ1) is 32.1. The van der Waals surface area contributed by atoms with Crippen molar-refractivity contribution < 1.29 is 4.74 Å². The molecular formula is C53H34N2O. The minimum atomic E-state index is -0.469. The molecule has 1 aromatic heterocycles. The zero-order valence-corrected chi connectivity index (χ0v) is 30.4. The number of fused-ring (bicyclic) bond motifs is 9. The average Bonchev–Trinajstić information content (AvgIpc) is 3.57. The first-order valence-corrected chi connectivity index (χ1v) is 19.1. The van der Waals surface area contributed by atoms with E-state index in [1.807, 2.05) is 24.3 Å². The van der Waals surface area contributed by atoms with E-state index in [1.54, 1.807) is 0 Å². The molecule has 56 heavy (non-hydrogen) atoms. The van der Waals surface area contributed by atoms with Gasteiger partial charge in [-0.05, 0) is 62.7 Å².